The lowest BCUT2D eigenvalue weighted by atomic mass is 9.85. The zero-order valence-electron chi connectivity index (χ0n) is 15.6. The molecule has 1 saturated carbocycles. The first-order valence-corrected chi connectivity index (χ1v) is 10.1. The quantitative estimate of drug-likeness (QED) is 0.822. The van der Waals surface area contributed by atoms with Crippen LogP contribution in [-0.2, 0) is 4.79 Å². The Morgan fingerprint density at radius 2 is 1.96 bits per heavy atom. The van der Waals surface area contributed by atoms with Crippen LogP contribution in [-0.4, -0.2) is 41.9 Å². The van der Waals surface area contributed by atoms with Crippen molar-refractivity contribution in [1.82, 2.24) is 10.2 Å². The first-order valence-electron chi connectivity index (χ1n) is 9.69. The molecule has 2 amide bonds. The monoisotopic (exact) mass is 377 g/mol. The van der Waals surface area contributed by atoms with Crippen LogP contribution in [0.25, 0.3) is 0 Å². The minimum absolute atomic E-state index is 0.0155. The molecule has 3 atom stereocenters. The van der Waals surface area contributed by atoms with Gasteiger partial charge in [-0.2, -0.15) is 0 Å². The van der Waals surface area contributed by atoms with Gasteiger partial charge in [-0.15, -0.1) is 0 Å². The predicted molar refractivity (Wildman–Crippen MR) is 105 cm³/mol. The number of hydrogen-bond donors (Lipinski definition) is 2. The summed E-state index contributed by atoms with van der Waals surface area (Å²) in [5.74, 6) is 0.523. The molecule has 1 saturated heterocycles. The van der Waals surface area contributed by atoms with E-state index in [4.69, 9.17) is 11.6 Å². The normalized spacial score (nSPS) is 24.8. The van der Waals surface area contributed by atoms with Gasteiger partial charge in [-0.05, 0) is 57.2 Å². The topological polar surface area (TPSA) is 61.4 Å². The molecule has 0 aromatic heterocycles. The highest BCUT2D eigenvalue weighted by Crippen LogP contribution is 2.33. The molecule has 3 rings (SSSR count). The molecule has 1 aliphatic heterocycles. The number of carbonyl (C=O) groups excluding carboxylic acids is 2. The zero-order valence-corrected chi connectivity index (χ0v) is 16.3. The summed E-state index contributed by atoms with van der Waals surface area (Å²) in [5.41, 5.74) is 1.10. The van der Waals surface area contributed by atoms with Gasteiger partial charge in [0.15, 0.2) is 0 Å². The van der Waals surface area contributed by atoms with Crippen LogP contribution in [0.4, 0.5) is 5.69 Å². The van der Waals surface area contributed by atoms with E-state index in [0.717, 1.165) is 6.42 Å². The van der Waals surface area contributed by atoms with Gasteiger partial charge in [-0.25, -0.2) is 0 Å². The largest absolute Gasteiger partial charge is 0.339 e. The molecule has 0 radical (unpaired) electrons. The number of anilines is 1. The van der Waals surface area contributed by atoms with Gasteiger partial charge in [0.25, 0.3) is 5.91 Å². The second kappa shape index (κ2) is 8.40. The SMILES string of the molecule is CCN(CC)C(=O)c1ccc(NC(=O)C2CC3CCCCC3N2)cc1Cl. The van der Waals surface area contributed by atoms with Crippen LogP contribution in [0.5, 0.6) is 0 Å². The van der Waals surface area contributed by atoms with Crippen molar-refractivity contribution in [2.45, 2.75) is 58.0 Å². The van der Waals surface area contributed by atoms with Crippen LogP contribution >= 0.6 is 11.6 Å². The van der Waals surface area contributed by atoms with Crippen LogP contribution in [0.1, 0.15) is 56.3 Å². The molecule has 26 heavy (non-hydrogen) atoms. The molecule has 0 spiro atoms. The summed E-state index contributed by atoms with van der Waals surface area (Å²) in [6, 6.07) is 5.46. The summed E-state index contributed by atoms with van der Waals surface area (Å²) in [6.07, 6.45) is 5.82. The number of benzene rings is 1. The Morgan fingerprint density at radius 1 is 1.23 bits per heavy atom. The van der Waals surface area contributed by atoms with Gasteiger partial charge in [-0.3, -0.25) is 9.59 Å². The lowest BCUT2D eigenvalue weighted by Gasteiger charge is -2.24. The van der Waals surface area contributed by atoms with Crippen molar-refractivity contribution >= 4 is 29.1 Å². The van der Waals surface area contributed by atoms with Crippen LogP contribution in [0.2, 0.25) is 5.02 Å². The molecule has 2 aliphatic rings. The summed E-state index contributed by atoms with van der Waals surface area (Å²) in [4.78, 5) is 26.8. The molecular formula is C20H28ClN3O2. The molecular weight excluding hydrogens is 350 g/mol. The first kappa shape index (κ1) is 19.2. The highest BCUT2D eigenvalue weighted by molar-refractivity contribution is 6.34. The maximum absolute atomic E-state index is 12.6. The molecule has 3 unspecified atom stereocenters. The summed E-state index contributed by atoms with van der Waals surface area (Å²) in [6.45, 7) is 5.16. The molecule has 1 aliphatic carbocycles. The predicted octanol–water partition coefficient (Wildman–Crippen LogP) is 3.68. The van der Waals surface area contributed by atoms with Crippen molar-refractivity contribution < 1.29 is 9.59 Å². The van der Waals surface area contributed by atoms with Crippen molar-refractivity contribution in [2.75, 3.05) is 18.4 Å². The maximum atomic E-state index is 12.6. The molecule has 1 heterocycles. The summed E-state index contributed by atoms with van der Waals surface area (Å²) in [7, 11) is 0. The van der Waals surface area contributed by atoms with E-state index in [1.807, 2.05) is 13.8 Å². The van der Waals surface area contributed by atoms with E-state index in [1.54, 1.807) is 23.1 Å². The second-order valence-corrected chi connectivity index (χ2v) is 7.67. The number of amides is 2. The van der Waals surface area contributed by atoms with E-state index in [2.05, 4.69) is 10.6 Å². The summed E-state index contributed by atoms with van der Waals surface area (Å²) in [5, 5.41) is 6.80. The van der Waals surface area contributed by atoms with Gasteiger partial charge in [0.05, 0.1) is 16.6 Å². The van der Waals surface area contributed by atoms with E-state index in [1.165, 1.54) is 25.7 Å². The third-order valence-electron chi connectivity index (χ3n) is 5.70. The van der Waals surface area contributed by atoms with E-state index in [0.29, 0.717) is 41.3 Å². The van der Waals surface area contributed by atoms with Gasteiger partial charge in [-0.1, -0.05) is 24.4 Å². The number of nitrogens with zero attached hydrogens (tertiary/aromatic N) is 1. The fourth-order valence-electron chi connectivity index (χ4n) is 4.20. The molecule has 6 heteroatoms. The highest BCUT2D eigenvalue weighted by atomic mass is 35.5. The third-order valence-corrected chi connectivity index (χ3v) is 6.01. The van der Waals surface area contributed by atoms with E-state index in [9.17, 15) is 9.59 Å². The standard InChI is InChI=1S/C20H28ClN3O2/c1-3-24(4-2)20(26)15-10-9-14(12-16(15)21)22-19(25)18-11-13-7-5-6-8-17(13)23-18/h9-10,12-13,17-18,23H,3-8,11H2,1-2H3,(H,22,25). The zero-order chi connectivity index (χ0) is 18.7. The number of carbonyl (C=O) groups is 2. The Kier molecular flexibility index (Phi) is 6.20. The molecule has 1 aromatic carbocycles. The maximum Gasteiger partial charge on any atom is 0.255 e. The average molecular weight is 378 g/mol. The smallest absolute Gasteiger partial charge is 0.255 e. The fraction of sp³-hybridized carbons (Fsp3) is 0.600. The summed E-state index contributed by atoms with van der Waals surface area (Å²) >= 11 is 6.31. The number of rotatable bonds is 5. The number of fused-ring (bicyclic) bond motifs is 1. The molecule has 1 aromatic rings. The van der Waals surface area contributed by atoms with Crippen LogP contribution in [0, 0.1) is 5.92 Å². The van der Waals surface area contributed by atoms with E-state index in [-0.39, 0.29) is 17.9 Å². The van der Waals surface area contributed by atoms with Gasteiger partial charge >= 0.3 is 0 Å². The molecule has 0 bridgehead atoms. The van der Waals surface area contributed by atoms with Crippen molar-refractivity contribution in [3.8, 4) is 0 Å². The lowest BCUT2D eigenvalue weighted by molar-refractivity contribution is -0.117. The van der Waals surface area contributed by atoms with Crippen molar-refractivity contribution in [2.24, 2.45) is 5.92 Å². The molecule has 5 nitrogen and oxygen atoms in total. The van der Waals surface area contributed by atoms with Crippen LogP contribution in [0.15, 0.2) is 18.2 Å². The Morgan fingerprint density at radius 3 is 2.62 bits per heavy atom. The highest BCUT2D eigenvalue weighted by Gasteiger charge is 2.38. The van der Waals surface area contributed by atoms with Crippen LogP contribution in [0.3, 0.4) is 0 Å². The third kappa shape index (κ3) is 4.04. The first-order chi connectivity index (χ1) is 12.5. The lowest BCUT2D eigenvalue weighted by Crippen LogP contribution is -2.39. The van der Waals surface area contributed by atoms with Crippen molar-refractivity contribution in [3.63, 3.8) is 0 Å². The minimum Gasteiger partial charge on any atom is -0.339 e. The number of nitrogens with one attached hydrogen (secondary N) is 2. The van der Waals surface area contributed by atoms with Gasteiger partial charge in [0.1, 0.15) is 0 Å². The van der Waals surface area contributed by atoms with E-state index >= 15 is 0 Å². The number of hydrogen-bond acceptors (Lipinski definition) is 3. The molecule has 2 fully saturated rings. The van der Waals surface area contributed by atoms with Crippen molar-refractivity contribution in [1.29, 1.82) is 0 Å². The Bertz CT molecular complexity index is 661. The average Bonchev–Trinajstić information content (AvgIpc) is 3.07. The Labute approximate surface area is 160 Å². The number of halogens is 1. The minimum atomic E-state index is -0.140. The van der Waals surface area contributed by atoms with Crippen LogP contribution < -0.4 is 10.6 Å². The molecule has 142 valence electrons. The summed E-state index contributed by atoms with van der Waals surface area (Å²) < 4.78 is 0. The molecule has 2 N–H and O–H groups in total. The fourth-order valence-corrected chi connectivity index (χ4v) is 4.46. The van der Waals surface area contributed by atoms with Gasteiger partial charge in [0, 0.05) is 24.8 Å². The Hall–Kier alpha value is -1.59. The van der Waals surface area contributed by atoms with Gasteiger partial charge in [0.2, 0.25) is 5.91 Å². The second-order valence-electron chi connectivity index (χ2n) is 7.27. The van der Waals surface area contributed by atoms with Gasteiger partial charge < -0.3 is 15.5 Å². The van der Waals surface area contributed by atoms with E-state index < -0.39 is 0 Å². The van der Waals surface area contributed by atoms with Crippen molar-refractivity contribution in [3.05, 3.63) is 28.8 Å². The Balaban J connectivity index is 1.64.